The van der Waals surface area contributed by atoms with Crippen LogP contribution < -0.4 is 10.1 Å². The summed E-state index contributed by atoms with van der Waals surface area (Å²) in [6.07, 6.45) is 7.27. The number of rotatable bonds is 4. The molecule has 1 aromatic heterocycles. The molecule has 1 aliphatic heterocycles. The topological polar surface area (TPSA) is 34.1 Å². The van der Waals surface area contributed by atoms with Crippen molar-refractivity contribution in [1.82, 2.24) is 10.3 Å². The first-order valence-electron chi connectivity index (χ1n) is 5.69. The molecule has 0 spiro atoms. The number of aromatic nitrogens is 1. The van der Waals surface area contributed by atoms with Gasteiger partial charge in [0.1, 0.15) is 5.75 Å². The average molecular weight is 206 g/mol. The van der Waals surface area contributed by atoms with Crippen molar-refractivity contribution in [3.8, 4) is 5.75 Å². The Morgan fingerprint density at radius 1 is 1.40 bits per heavy atom. The average Bonchev–Trinajstić information content (AvgIpc) is 2.32. The third kappa shape index (κ3) is 3.51. The number of piperidine rings is 1. The maximum Gasteiger partial charge on any atom is 0.137 e. The number of pyridine rings is 1. The van der Waals surface area contributed by atoms with Gasteiger partial charge in [0.15, 0.2) is 0 Å². The summed E-state index contributed by atoms with van der Waals surface area (Å²) >= 11 is 0. The van der Waals surface area contributed by atoms with Crippen LogP contribution in [0.4, 0.5) is 0 Å². The molecule has 0 unspecified atom stereocenters. The van der Waals surface area contributed by atoms with Crippen molar-refractivity contribution in [2.24, 2.45) is 5.92 Å². The smallest absolute Gasteiger partial charge is 0.137 e. The maximum absolute atomic E-state index is 5.63. The third-order valence-electron chi connectivity index (χ3n) is 2.89. The molecule has 1 fully saturated rings. The summed E-state index contributed by atoms with van der Waals surface area (Å²) in [6, 6.07) is 3.86. The molecule has 1 aromatic rings. The Balaban J connectivity index is 1.66. The van der Waals surface area contributed by atoms with Gasteiger partial charge in [-0.1, -0.05) is 0 Å². The molecule has 0 aromatic carbocycles. The third-order valence-corrected chi connectivity index (χ3v) is 2.89. The van der Waals surface area contributed by atoms with E-state index in [0.29, 0.717) is 0 Å². The van der Waals surface area contributed by atoms with Crippen molar-refractivity contribution in [2.75, 3.05) is 19.7 Å². The Kier molecular flexibility index (Phi) is 3.97. The molecule has 15 heavy (non-hydrogen) atoms. The molecule has 3 nitrogen and oxygen atoms in total. The Morgan fingerprint density at radius 2 is 2.27 bits per heavy atom. The second-order valence-electron chi connectivity index (χ2n) is 4.02. The van der Waals surface area contributed by atoms with Gasteiger partial charge >= 0.3 is 0 Å². The predicted octanol–water partition coefficient (Wildman–Crippen LogP) is 1.85. The zero-order valence-electron chi connectivity index (χ0n) is 8.98. The lowest BCUT2D eigenvalue weighted by Gasteiger charge is -2.22. The summed E-state index contributed by atoms with van der Waals surface area (Å²) in [5, 5.41) is 3.37. The predicted molar refractivity (Wildman–Crippen MR) is 59.9 cm³/mol. The molecule has 0 aliphatic carbocycles. The van der Waals surface area contributed by atoms with Gasteiger partial charge in [0, 0.05) is 6.20 Å². The molecular formula is C12H18N2O. The first-order chi connectivity index (χ1) is 7.45. The van der Waals surface area contributed by atoms with Gasteiger partial charge in [0.2, 0.25) is 0 Å². The fraction of sp³-hybridized carbons (Fsp3) is 0.583. The van der Waals surface area contributed by atoms with E-state index in [0.717, 1.165) is 37.8 Å². The molecule has 0 amide bonds. The van der Waals surface area contributed by atoms with Crippen LogP contribution in [-0.4, -0.2) is 24.7 Å². The van der Waals surface area contributed by atoms with Crippen molar-refractivity contribution in [2.45, 2.75) is 19.3 Å². The minimum Gasteiger partial charge on any atom is -0.492 e. The Morgan fingerprint density at radius 3 is 3.00 bits per heavy atom. The Labute approximate surface area is 90.9 Å². The van der Waals surface area contributed by atoms with E-state index in [4.69, 9.17) is 4.74 Å². The molecule has 3 heteroatoms. The number of nitrogens with one attached hydrogen (secondary N) is 1. The summed E-state index contributed by atoms with van der Waals surface area (Å²) in [5.41, 5.74) is 0. The van der Waals surface area contributed by atoms with E-state index in [-0.39, 0.29) is 0 Å². The first kappa shape index (κ1) is 10.4. The zero-order chi connectivity index (χ0) is 10.3. The van der Waals surface area contributed by atoms with E-state index >= 15 is 0 Å². The van der Waals surface area contributed by atoms with E-state index < -0.39 is 0 Å². The molecule has 82 valence electrons. The number of ether oxygens (including phenoxy) is 1. The normalized spacial score (nSPS) is 17.6. The molecule has 0 atom stereocenters. The second-order valence-corrected chi connectivity index (χ2v) is 4.02. The van der Waals surface area contributed by atoms with Crippen LogP contribution >= 0.6 is 0 Å². The highest BCUT2D eigenvalue weighted by Gasteiger charge is 2.12. The lowest BCUT2D eigenvalue weighted by molar-refractivity contribution is 0.251. The molecule has 0 radical (unpaired) electrons. The van der Waals surface area contributed by atoms with Crippen molar-refractivity contribution >= 4 is 0 Å². The van der Waals surface area contributed by atoms with Gasteiger partial charge in [-0.3, -0.25) is 4.98 Å². The van der Waals surface area contributed by atoms with Crippen LogP contribution in [0.3, 0.4) is 0 Å². The molecule has 1 N–H and O–H groups in total. The summed E-state index contributed by atoms with van der Waals surface area (Å²) in [6.45, 7) is 3.14. The van der Waals surface area contributed by atoms with Gasteiger partial charge in [0.05, 0.1) is 12.8 Å². The molecule has 1 saturated heterocycles. The summed E-state index contributed by atoms with van der Waals surface area (Å²) in [7, 11) is 0. The SMILES string of the molecule is c1cncc(OCCC2CCNCC2)c1. The van der Waals surface area contributed by atoms with Gasteiger partial charge in [-0.25, -0.2) is 0 Å². The van der Waals surface area contributed by atoms with Gasteiger partial charge in [-0.05, 0) is 50.4 Å². The molecule has 0 saturated carbocycles. The number of hydrogen-bond donors (Lipinski definition) is 1. The standard InChI is InChI=1S/C12H18N2O/c1-2-12(10-14-6-1)15-9-5-11-3-7-13-8-4-11/h1-2,6,10-11,13H,3-5,7-9H2. The molecule has 0 bridgehead atoms. The second kappa shape index (κ2) is 5.71. The van der Waals surface area contributed by atoms with Crippen LogP contribution in [0.25, 0.3) is 0 Å². The quantitative estimate of drug-likeness (QED) is 0.816. The van der Waals surface area contributed by atoms with Gasteiger partial charge in [0.25, 0.3) is 0 Å². The molecule has 2 rings (SSSR count). The summed E-state index contributed by atoms with van der Waals surface area (Å²) in [4.78, 5) is 4.02. The van der Waals surface area contributed by atoms with Crippen molar-refractivity contribution in [1.29, 1.82) is 0 Å². The van der Waals surface area contributed by atoms with E-state index in [9.17, 15) is 0 Å². The Hall–Kier alpha value is -1.09. The zero-order valence-corrected chi connectivity index (χ0v) is 8.98. The first-order valence-corrected chi connectivity index (χ1v) is 5.69. The maximum atomic E-state index is 5.63. The van der Waals surface area contributed by atoms with E-state index in [2.05, 4.69) is 10.3 Å². The highest BCUT2D eigenvalue weighted by Crippen LogP contribution is 2.16. The largest absolute Gasteiger partial charge is 0.492 e. The highest BCUT2D eigenvalue weighted by atomic mass is 16.5. The van der Waals surface area contributed by atoms with E-state index in [1.807, 2.05) is 12.1 Å². The van der Waals surface area contributed by atoms with Crippen molar-refractivity contribution in [3.63, 3.8) is 0 Å². The fourth-order valence-electron chi connectivity index (χ4n) is 1.95. The van der Waals surface area contributed by atoms with Gasteiger partial charge < -0.3 is 10.1 Å². The lowest BCUT2D eigenvalue weighted by Crippen LogP contribution is -2.28. The molecule has 2 heterocycles. The minimum atomic E-state index is 0.816. The molecular weight excluding hydrogens is 188 g/mol. The van der Waals surface area contributed by atoms with Crippen LogP contribution in [0.2, 0.25) is 0 Å². The number of nitrogens with zero attached hydrogens (tertiary/aromatic N) is 1. The van der Waals surface area contributed by atoms with Gasteiger partial charge in [-0.15, -0.1) is 0 Å². The minimum absolute atomic E-state index is 0.816. The summed E-state index contributed by atoms with van der Waals surface area (Å²) in [5.74, 6) is 1.72. The highest BCUT2D eigenvalue weighted by molar-refractivity contribution is 5.15. The van der Waals surface area contributed by atoms with Crippen molar-refractivity contribution in [3.05, 3.63) is 24.5 Å². The van der Waals surface area contributed by atoms with Crippen LogP contribution in [-0.2, 0) is 0 Å². The fourth-order valence-corrected chi connectivity index (χ4v) is 1.95. The van der Waals surface area contributed by atoms with Crippen LogP contribution in [0, 0.1) is 5.92 Å². The monoisotopic (exact) mass is 206 g/mol. The molecule has 1 aliphatic rings. The lowest BCUT2D eigenvalue weighted by atomic mass is 9.95. The van der Waals surface area contributed by atoms with Crippen LogP contribution in [0.1, 0.15) is 19.3 Å². The summed E-state index contributed by atoms with van der Waals surface area (Å²) < 4.78 is 5.63. The van der Waals surface area contributed by atoms with Crippen LogP contribution in [0.15, 0.2) is 24.5 Å². The number of hydrogen-bond acceptors (Lipinski definition) is 3. The van der Waals surface area contributed by atoms with E-state index in [1.165, 1.54) is 12.8 Å². The van der Waals surface area contributed by atoms with Gasteiger partial charge in [-0.2, -0.15) is 0 Å². The van der Waals surface area contributed by atoms with E-state index in [1.54, 1.807) is 12.4 Å². The van der Waals surface area contributed by atoms with Crippen LogP contribution in [0.5, 0.6) is 5.75 Å². The Bertz CT molecular complexity index is 270. The van der Waals surface area contributed by atoms with Crippen molar-refractivity contribution < 1.29 is 4.74 Å².